The molecule has 28 heavy (non-hydrogen) atoms. The molecular formula is C19H20N8O. The minimum atomic E-state index is 0.541. The van der Waals surface area contributed by atoms with Gasteiger partial charge < -0.3 is 19.1 Å². The van der Waals surface area contributed by atoms with Crippen LogP contribution in [0.25, 0.3) is 11.2 Å². The number of rotatable bonds is 2. The molecule has 5 rings (SSSR count). The van der Waals surface area contributed by atoms with Gasteiger partial charge in [0.25, 0.3) is 0 Å². The summed E-state index contributed by atoms with van der Waals surface area (Å²) in [5, 5.41) is 9.61. The van der Waals surface area contributed by atoms with E-state index < -0.39 is 0 Å². The molecule has 2 aliphatic rings. The highest BCUT2D eigenvalue weighted by Crippen LogP contribution is 2.27. The lowest BCUT2D eigenvalue weighted by molar-refractivity contribution is 0.109. The van der Waals surface area contributed by atoms with Crippen molar-refractivity contribution in [3.8, 4) is 6.07 Å². The third-order valence-corrected chi connectivity index (χ3v) is 5.40. The van der Waals surface area contributed by atoms with E-state index in [0.717, 1.165) is 61.0 Å². The second kappa shape index (κ2) is 6.73. The molecule has 9 heteroatoms. The molecule has 1 fully saturated rings. The summed E-state index contributed by atoms with van der Waals surface area (Å²) in [6, 6.07) is 4.25. The van der Waals surface area contributed by atoms with Gasteiger partial charge in [-0.2, -0.15) is 5.26 Å². The van der Waals surface area contributed by atoms with Crippen LogP contribution in [-0.2, 0) is 24.8 Å². The van der Waals surface area contributed by atoms with Crippen molar-refractivity contribution in [2.24, 2.45) is 7.05 Å². The molecule has 1 saturated heterocycles. The predicted molar refractivity (Wildman–Crippen MR) is 103 cm³/mol. The maximum atomic E-state index is 9.61. The molecule has 0 atom stereocenters. The molecule has 0 spiro atoms. The Morgan fingerprint density at radius 1 is 1.07 bits per heavy atom. The van der Waals surface area contributed by atoms with E-state index in [0.29, 0.717) is 24.4 Å². The van der Waals surface area contributed by atoms with Gasteiger partial charge in [0, 0.05) is 45.2 Å². The van der Waals surface area contributed by atoms with Crippen molar-refractivity contribution >= 4 is 22.8 Å². The van der Waals surface area contributed by atoms with Crippen LogP contribution in [0.1, 0.15) is 16.8 Å². The van der Waals surface area contributed by atoms with Gasteiger partial charge in [0.05, 0.1) is 30.8 Å². The molecule has 142 valence electrons. The van der Waals surface area contributed by atoms with E-state index in [1.807, 2.05) is 17.7 Å². The minimum Gasteiger partial charge on any atom is -0.376 e. The molecule has 0 radical (unpaired) electrons. The van der Waals surface area contributed by atoms with Crippen LogP contribution in [0, 0.1) is 11.3 Å². The number of aromatic nitrogens is 5. The van der Waals surface area contributed by atoms with Crippen LogP contribution in [0.2, 0.25) is 0 Å². The third-order valence-electron chi connectivity index (χ3n) is 5.40. The summed E-state index contributed by atoms with van der Waals surface area (Å²) >= 11 is 0. The van der Waals surface area contributed by atoms with E-state index in [-0.39, 0.29) is 0 Å². The number of hydrogen-bond acceptors (Lipinski definition) is 8. The fraction of sp³-hybridized carbons (Fsp3) is 0.421. The average Bonchev–Trinajstić information content (AvgIpc) is 3.14. The lowest BCUT2D eigenvalue weighted by atomic mass is 10.1. The number of anilines is 2. The third kappa shape index (κ3) is 2.73. The quantitative estimate of drug-likeness (QED) is 0.654. The number of fused-ring (bicyclic) bond motifs is 2. The number of piperazine rings is 1. The summed E-state index contributed by atoms with van der Waals surface area (Å²) in [6.45, 7) is 4.38. The van der Waals surface area contributed by atoms with Gasteiger partial charge in [-0.05, 0) is 6.07 Å². The van der Waals surface area contributed by atoms with Crippen LogP contribution in [0.3, 0.4) is 0 Å². The topological polar surface area (TPSA) is 96.0 Å². The van der Waals surface area contributed by atoms with Crippen LogP contribution in [0.4, 0.5) is 11.6 Å². The summed E-state index contributed by atoms with van der Waals surface area (Å²) in [4.78, 5) is 22.3. The van der Waals surface area contributed by atoms with Crippen molar-refractivity contribution in [1.29, 1.82) is 5.26 Å². The number of nitriles is 1. The van der Waals surface area contributed by atoms with Crippen molar-refractivity contribution in [2.75, 3.05) is 42.6 Å². The zero-order valence-electron chi connectivity index (χ0n) is 15.7. The van der Waals surface area contributed by atoms with E-state index in [4.69, 9.17) is 9.72 Å². The lowest BCUT2D eigenvalue weighted by Gasteiger charge is -2.37. The van der Waals surface area contributed by atoms with Gasteiger partial charge in [0.1, 0.15) is 23.7 Å². The van der Waals surface area contributed by atoms with Crippen molar-refractivity contribution in [3.63, 3.8) is 0 Å². The van der Waals surface area contributed by atoms with Gasteiger partial charge in [0.2, 0.25) is 0 Å². The summed E-state index contributed by atoms with van der Waals surface area (Å²) in [6.07, 6.45) is 4.13. The fourth-order valence-electron chi connectivity index (χ4n) is 3.93. The monoisotopic (exact) mass is 376 g/mol. The Bertz CT molecular complexity index is 1080. The molecule has 0 unspecified atom stereocenters. The van der Waals surface area contributed by atoms with Crippen LogP contribution >= 0.6 is 0 Å². The number of ether oxygens (including phenoxy) is 1. The Morgan fingerprint density at radius 2 is 1.86 bits per heavy atom. The van der Waals surface area contributed by atoms with Crippen molar-refractivity contribution < 1.29 is 4.74 Å². The lowest BCUT2D eigenvalue weighted by Crippen LogP contribution is -2.47. The van der Waals surface area contributed by atoms with E-state index in [2.05, 4.69) is 30.8 Å². The van der Waals surface area contributed by atoms with Crippen molar-refractivity contribution in [2.45, 2.75) is 13.0 Å². The molecule has 3 aromatic heterocycles. The van der Waals surface area contributed by atoms with Gasteiger partial charge in [-0.3, -0.25) is 0 Å². The van der Waals surface area contributed by atoms with E-state index in [9.17, 15) is 5.26 Å². The van der Waals surface area contributed by atoms with E-state index in [1.54, 1.807) is 12.7 Å². The summed E-state index contributed by atoms with van der Waals surface area (Å²) < 4.78 is 7.45. The molecule has 0 amide bonds. The second-order valence-electron chi connectivity index (χ2n) is 7.08. The summed E-state index contributed by atoms with van der Waals surface area (Å²) in [7, 11) is 1.96. The van der Waals surface area contributed by atoms with Crippen LogP contribution in [-0.4, -0.2) is 57.3 Å². The molecule has 0 aromatic carbocycles. The molecule has 3 aromatic rings. The van der Waals surface area contributed by atoms with E-state index in [1.165, 1.54) is 0 Å². The fourth-order valence-corrected chi connectivity index (χ4v) is 3.93. The molecule has 0 saturated carbocycles. The zero-order chi connectivity index (χ0) is 19.1. The SMILES string of the molecule is Cn1cnc2ncnc(N3CCN(c4nc5c(cc4C#N)COCC5)CC3)c21. The Kier molecular flexibility index (Phi) is 4.06. The predicted octanol–water partition coefficient (Wildman–Crippen LogP) is 1.03. The first-order valence-electron chi connectivity index (χ1n) is 9.37. The van der Waals surface area contributed by atoms with Crippen LogP contribution < -0.4 is 9.80 Å². The van der Waals surface area contributed by atoms with E-state index >= 15 is 0 Å². The van der Waals surface area contributed by atoms with Gasteiger partial charge in [-0.15, -0.1) is 0 Å². The highest BCUT2D eigenvalue weighted by molar-refractivity contribution is 5.83. The smallest absolute Gasteiger partial charge is 0.182 e. The highest BCUT2D eigenvalue weighted by Gasteiger charge is 2.25. The zero-order valence-corrected chi connectivity index (χ0v) is 15.7. The first kappa shape index (κ1) is 16.9. The minimum absolute atomic E-state index is 0.541. The molecule has 0 N–H and O–H groups in total. The largest absolute Gasteiger partial charge is 0.376 e. The van der Waals surface area contributed by atoms with Gasteiger partial charge in [0.15, 0.2) is 11.5 Å². The highest BCUT2D eigenvalue weighted by atomic mass is 16.5. The standard InChI is InChI=1S/C19H20N8O/c1-25-12-23-17-16(25)19(22-11-21-17)27-5-3-26(4-6-27)18-13(9-20)8-14-10-28-7-2-15(14)24-18/h8,11-12H,2-7,10H2,1H3. The molecule has 0 aliphatic carbocycles. The Labute approximate surface area is 162 Å². The number of aryl methyl sites for hydroxylation is 1. The molecular weight excluding hydrogens is 356 g/mol. The number of pyridine rings is 1. The average molecular weight is 376 g/mol. The molecule has 0 bridgehead atoms. The number of imidazole rings is 1. The Morgan fingerprint density at radius 3 is 2.64 bits per heavy atom. The maximum Gasteiger partial charge on any atom is 0.182 e. The first-order chi connectivity index (χ1) is 13.7. The molecule has 9 nitrogen and oxygen atoms in total. The number of nitrogens with zero attached hydrogens (tertiary/aromatic N) is 8. The van der Waals surface area contributed by atoms with Crippen LogP contribution in [0.15, 0.2) is 18.7 Å². The van der Waals surface area contributed by atoms with Gasteiger partial charge in [-0.1, -0.05) is 0 Å². The molecule has 5 heterocycles. The number of hydrogen-bond donors (Lipinski definition) is 0. The maximum absolute atomic E-state index is 9.61. The molecule has 2 aliphatic heterocycles. The van der Waals surface area contributed by atoms with Gasteiger partial charge >= 0.3 is 0 Å². The van der Waals surface area contributed by atoms with Crippen LogP contribution in [0.5, 0.6) is 0 Å². The normalized spacial score (nSPS) is 16.9. The van der Waals surface area contributed by atoms with Gasteiger partial charge in [-0.25, -0.2) is 19.9 Å². The Balaban J connectivity index is 1.40. The Hall–Kier alpha value is -3.25. The second-order valence-corrected chi connectivity index (χ2v) is 7.08. The summed E-state index contributed by atoms with van der Waals surface area (Å²) in [5.41, 5.74) is 4.36. The van der Waals surface area contributed by atoms with Crippen molar-refractivity contribution in [1.82, 2.24) is 24.5 Å². The first-order valence-corrected chi connectivity index (χ1v) is 9.37. The summed E-state index contributed by atoms with van der Waals surface area (Å²) in [5.74, 6) is 1.69. The van der Waals surface area contributed by atoms with Crippen molar-refractivity contribution in [3.05, 3.63) is 35.5 Å².